The smallest absolute Gasteiger partial charge is 0.274 e. The molecule has 4 aromatic rings. The van der Waals surface area contributed by atoms with Gasteiger partial charge >= 0.3 is 0 Å². The molecule has 172 valence electrons. The summed E-state index contributed by atoms with van der Waals surface area (Å²) in [6, 6.07) is 23.6. The number of fused-ring (bicyclic) bond motifs is 1. The molecule has 0 aliphatic rings. The highest BCUT2D eigenvalue weighted by Crippen LogP contribution is 2.14. The van der Waals surface area contributed by atoms with Crippen LogP contribution < -0.4 is 20.9 Å². The maximum absolute atomic E-state index is 12.9. The highest BCUT2D eigenvalue weighted by Gasteiger charge is 2.17. The Morgan fingerprint density at radius 3 is 2.24 bits per heavy atom. The third kappa shape index (κ3) is 5.29. The van der Waals surface area contributed by atoms with Crippen molar-refractivity contribution < 1.29 is 14.3 Å². The van der Waals surface area contributed by atoms with Crippen molar-refractivity contribution in [2.75, 3.05) is 13.7 Å². The molecule has 0 aliphatic heterocycles. The minimum Gasteiger partial charge on any atom is -0.497 e. The van der Waals surface area contributed by atoms with E-state index < -0.39 is 5.91 Å². The van der Waals surface area contributed by atoms with Crippen LogP contribution in [0.4, 0.5) is 0 Å². The van der Waals surface area contributed by atoms with Crippen LogP contribution in [0, 0.1) is 0 Å². The van der Waals surface area contributed by atoms with E-state index in [1.165, 1.54) is 4.68 Å². The van der Waals surface area contributed by atoms with Crippen LogP contribution >= 0.6 is 0 Å². The van der Waals surface area contributed by atoms with Crippen molar-refractivity contribution >= 4 is 22.6 Å². The molecule has 0 atom stereocenters. The molecular formula is C26H24N4O4. The summed E-state index contributed by atoms with van der Waals surface area (Å²) >= 11 is 0. The van der Waals surface area contributed by atoms with Crippen LogP contribution in [0.25, 0.3) is 10.8 Å². The fraction of sp³-hybridized carbons (Fsp3) is 0.154. The van der Waals surface area contributed by atoms with Gasteiger partial charge in [0, 0.05) is 11.9 Å². The van der Waals surface area contributed by atoms with E-state index in [4.69, 9.17) is 4.74 Å². The van der Waals surface area contributed by atoms with Crippen LogP contribution in [0.5, 0.6) is 5.75 Å². The summed E-state index contributed by atoms with van der Waals surface area (Å²) in [4.78, 5) is 38.1. The number of amides is 2. The first kappa shape index (κ1) is 22.7. The number of hydrogen-bond donors (Lipinski definition) is 2. The van der Waals surface area contributed by atoms with Gasteiger partial charge in [-0.15, -0.1) is 0 Å². The van der Waals surface area contributed by atoms with Gasteiger partial charge in [-0.25, -0.2) is 4.68 Å². The molecule has 34 heavy (non-hydrogen) atoms. The number of nitrogens with zero attached hydrogens (tertiary/aromatic N) is 2. The molecule has 4 rings (SSSR count). The van der Waals surface area contributed by atoms with Gasteiger partial charge in [0.1, 0.15) is 5.75 Å². The Labute approximate surface area is 196 Å². The predicted molar refractivity (Wildman–Crippen MR) is 129 cm³/mol. The van der Waals surface area contributed by atoms with Gasteiger partial charge < -0.3 is 15.4 Å². The van der Waals surface area contributed by atoms with Gasteiger partial charge in [-0.2, -0.15) is 5.10 Å². The lowest BCUT2D eigenvalue weighted by molar-refractivity contribution is -0.120. The number of aromatic nitrogens is 2. The number of ether oxygens (including phenoxy) is 1. The van der Waals surface area contributed by atoms with Crippen molar-refractivity contribution in [3.63, 3.8) is 0 Å². The molecule has 0 saturated heterocycles. The SMILES string of the molecule is COc1ccc(CNC(=O)CNC(=O)c2nn(Cc3ccccc3)c(=O)c3ccccc23)cc1. The van der Waals surface area contributed by atoms with Gasteiger partial charge in [-0.1, -0.05) is 60.7 Å². The van der Waals surface area contributed by atoms with Crippen LogP contribution in [0.3, 0.4) is 0 Å². The van der Waals surface area contributed by atoms with Gasteiger partial charge in [-0.05, 0) is 29.3 Å². The molecular weight excluding hydrogens is 432 g/mol. The predicted octanol–water partition coefficient (Wildman–Crippen LogP) is 2.50. The molecule has 0 bridgehead atoms. The Bertz CT molecular complexity index is 1370. The highest BCUT2D eigenvalue weighted by molar-refractivity contribution is 6.05. The summed E-state index contributed by atoms with van der Waals surface area (Å²) in [6.07, 6.45) is 0. The molecule has 0 unspecified atom stereocenters. The van der Waals surface area contributed by atoms with E-state index in [1.807, 2.05) is 54.6 Å². The minimum atomic E-state index is -0.530. The molecule has 0 aliphatic carbocycles. The number of benzene rings is 3. The van der Waals surface area contributed by atoms with Crippen molar-refractivity contribution in [3.05, 3.63) is 106 Å². The zero-order chi connectivity index (χ0) is 23.9. The summed E-state index contributed by atoms with van der Waals surface area (Å²) in [5, 5.41) is 10.5. The molecule has 0 radical (unpaired) electrons. The Morgan fingerprint density at radius 2 is 1.53 bits per heavy atom. The van der Waals surface area contributed by atoms with Crippen LogP contribution in [0.15, 0.2) is 83.7 Å². The average Bonchev–Trinajstić information content (AvgIpc) is 2.88. The lowest BCUT2D eigenvalue weighted by Crippen LogP contribution is -2.38. The van der Waals surface area contributed by atoms with Gasteiger partial charge in [0.05, 0.1) is 25.6 Å². The van der Waals surface area contributed by atoms with Crippen molar-refractivity contribution in [1.29, 1.82) is 0 Å². The third-order valence-corrected chi connectivity index (χ3v) is 5.32. The van der Waals surface area contributed by atoms with E-state index in [9.17, 15) is 14.4 Å². The van der Waals surface area contributed by atoms with Gasteiger partial charge in [0.25, 0.3) is 11.5 Å². The summed E-state index contributed by atoms with van der Waals surface area (Å²) in [7, 11) is 1.59. The molecule has 2 N–H and O–H groups in total. The van der Waals surface area contributed by atoms with Crippen molar-refractivity contribution in [1.82, 2.24) is 20.4 Å². The van der Waals surface area contributed by atoms with E-state index in [-0.39, 0.29) is 30.2 Å². The van der Waals surface area contributed by atoms with Crippen LogP contribution in [0.2, 0.25) is 0 Å². The maximum Gasteiger partial charge on any atom is 0.274 e. The number of nitrogens with one attached hydrogen (secondary N) is 2. The van der Waals surface area contributed by atoms with E-state index in [0.717, 1.165) is 16.9 Å². The van der Waals surface area contributed by atoms with Crippen molar-refractivity contribution in [2.24, 2.45) is 0 Å². The molecule has 0 fully saturated rings. The summed E-state index contributed by atoms with van der Waals surface area (Å²) in [5.41, 5.74) is 1.60. The fourth-order valence-corrected chi connectivity index (χ4v) is 3.52. The molecule has 3 aromatic carbocycles. The first-order valence-corrected chi connectivity index (χ1v) is 10.8. The first-order valence-electron chi connectivity index (χ1n) is 10.8. The van der Waals surface area contributed by atoms with Gasteiger partial charge in [-0.3, -0.25) is 14.4 Å². The topological polar surface area (TPSA) is 102 Å². The van der Waals surface area contributed by atoms with E-state index >= 15 is 0 Å². The van der Waals surface area contributed by atoms with E-state index in [2.05, 4.69) is 15.7 Å². The lowest BCUT2D eigenvalue weighted by Gasteiger charge is -2.12. The highest BCUT2D eigenvalue weighted by atomic mass is 16.5. The standard InChI is InChI=1S/C26H24N4O4/c1-34-20-13-11-18(12-14-20)15-27-23(31)16-28-25(32)24-21-9-5-6-10-22(21)26(33)30(29-24)17-19-7-3-2-4-8-19/h2-14H,15-17H2,1H3,(H,27,31)(H,28,32). The summed E-state index contributed by atoms with van der Waals surface area (Å²) < 4.78 is 6.39. The number of hydrogen-bond acceptors (Lipinski definition) is 5. The molecule has 8 heteroatoms. The Balaban J connectivity index is 1.47. The second-order valence-electron chi connectivity index (χ2n) is 7.65. The van der Waals surface area contributed by atoms with Crippen molar-refractivity contribution in [2.45, 2.75) is 13.1 Å². The second kappa shape index (κ2) is 10.4. The zero-order valence-corrected chi connectivity index (χ0v) is 18.7. The molecule has 0 saturated carbocycles. The minimum absolute atomic E-state index is 0.0917. The number of carbonyl (C=O) groups is 2. The normalized spacial score (nSPS) is 10.6. The summed E-state index contributed by atoms with van der Waals surface area (Å²) in [5.74, 6) is -0.139. The van der Waals surface area contributed by atoms with Crippen LogP contribution in [-0.4, -0.2) is 35.2 Å². The second-order valence-corrected chi connectivity index (χ2v) is 7.65. The van der Waals surface area contributed by atoms with E-state index in [1.54, 1.807) is 31.4 Å². The first-order chi connectivity index (χ1) is 16.5. The Hall–Kier alpha value is -4.46. The monoisotopic (exact) mass is 456 g/mol. The number of methoxy groups -OCH3 is 1. The average molecular weight is 457 g/mol. The lowest BCUT2D eigenvalue weighted by atomic mass is 10.1. The van der Waals surface area contributed by atoms with Gasteiger partial charge in [0.2, 0.25) is 5.91 Å². The summed E-state index contributed by atoms with van der Waals surface area (Å²) in [6.45, 7) is 0.331. The largest absolute Gasteiger partial charge is 0.497 e. The molecule has 8 nitrogen and oxygen atoms in total. The molecule has 0 spiro atoms. The number of carbonyl (C=O) groups excluding carboxylic acids is 2. The maximum atomic E-state index is 12.9. The Kier molecular flexibility index (Phi) is 6.98. The van der Waals surface area contributed by atoms with Crippen LogP contribution in [0.1, 0.15) is 21.6 Å². The Morgan fingerprint density at radius 1 is 0.853 bits per heavy atom. The van der Waals surface area contributed by atoms with Crippen LogP contribution in [-0.2, 0) is 17.9 Å². The molecule has 1 aromatic heterocycles. The molecule has 2 amide bonds. The van der Waals surface area contributed by atoms with Crippen molar-refractivity contribution in [3.8, 4) is 5.75 Å². The number of rotatable bonds is 8. The molecule has 1 heterocycles. The quantitative estimate of drug-likeness (QED) is 0.424. The van der Waals surface area contributed by atoms with E-state index in [0.29, 0.717) is 17.3 Å². The van der Waals surface area contributed by atoms with Gasteiger partial charge in [0.15, 0.2) is 5.69 Å². The fourth-order valence-electron chi connectivity index (χ4n) is 3.52. The zero-order valence-electron chi connectivity index (χ0n) is 18.7. The third-order valence-electron chi connectivity index (χ3n) is 5.32.